The number of carbonyl (C=O) groups is 6. The minimum absolute atomic E-state index is 0.133. The molecule has 51 heavy (non-hydrogen) atoms. The standard InChI is InChI=1S/C39H58N6O6/c1-4-7-10-13-16-19-22-40-34(46)28-43-37(49)31-25-32(38(50)44-29-35(47)41-23-20-17-14-11-8-5-2)27-33(26-31)39(51)45-30-36(48)42-24-21-18-15-12-9-6-3/h22,31-33H,1,5-6,8-9,11-12,14-15,17-18,20-21,23-30H2,2-3H3,(H,40,46)(H,41,47)(H,42,48)(H,43,49)(H,44,50)(H,45,51)/t31?,32-,33+. The highest BCUT2D eigenvalue weighted by atomic mass is 16.2. The zero-order chi connectivity index (χ0) is 37.5. The molecule has 1 saturated carbocycles. The quantitative estimate of drug-likeness (QED) is 0.0662. The van der Waals surface area contributed by atoms with E-state index in [0.717, 1.165) is 38.5 Å². The summed E-state index contributed by atoms with van der Waals surface area (Å²) >= 11 is 0. The number of nitrogens with one attached hydrogen (secondary N) is 6. The van der Waals surface area contributed by atoms with Gasteiger partial charge in [0.1, 0.15) is 0 Å². The van der Waals surface area contributed by atoms with Crippen LogP contribution in [0.1, 0.15) is 110 Å². The summed E-state index contributed by atoms with van der Waals surface area (Å²) in [5.74, 6) is -4.73. The van der Waals surface area contributed by atoms with Gasteiger partial charge >= 0.3 is 0 Å². The van der Waals surface area contributed by atoms with Crippen LogP contribution in [0.3, 0.4) is 0 Å². The first kappa shape index (κ1) is 44.3. The second-order valence-electron chi connectivity index (χ2n) is 12.7. The highest BCUT2D eigenvalue weighted by molar-refractivity contribution is 5.90. The van der Waals surface area contributed by atoms with Gasteiger partial charge < -0.3 is 31.9 Å². The van der Waals surface area contributed by atoms with Crippen molar-refractivity contribution in [2.75, 3.05) is 32.7 Å². The summed E-state index contributed by atoms with van der Waals surface area (Å²) in [7, 11) is 0. The Balaban J connectivity index is 2.76. The van der Waals surface area contributed by atoms with Crippen molar-refractivity contribution in [3.63, 3.8) is 0 Å². The van der Waals surface area contributed by atoms with E-state index in [-0.39, 0.29) is 50.7 Å². The Labute approximate surface area is 303 Å². The molecule has 0 aromatic rings. The van der Waals surface area contributed by atoms with E-state index in [0.29, 0.717) is 13.1 Å². The van der Waals surface area contributed by atoms with Crippen molar-refractivity contribution in [3.05, 3.63) is 47.2 Å². The molecule has 3 atom stereocenters. The van der Waals surface area contributed by atoms with Crippen LogP contribution in [-0.2, 0) is 28.8 Å². The summed E-state index contributed by atoms with van der Waals surface area (Å²) in [4.78, 5) is 76.5. The third-order valence-electron chi connectivity index (χ3n) is 8.45. The van der Waals surface area contributed by atoms with Gasteiger partial charge in [-0.1, -0.05) is 83.8 Å². The average Bonchev–Trinajstić information content (AvgIpc) is 3.13. The molecular formula is C39H58N6O6. The van der Waals surface area contributed by atoms with Crippen molar-refractivity contribution >= 4 is 35.4 Å². The molecule has 1 fully saturated rings. The molecule has 6 N–H and O–H groups in total. The lowest BCUT2D eigenvalue weighted by atomic mass is 9.74. The fourth-order valence-corrected chi connectivity index (χ4v) is 5.63. The number of amides is 6. The van der Waals surface area contributed by atoms with Crippen molar-refractivity contribution < 1.29 is 28.8 Å². The molecule has 1 unspecified atom stereocenters. The van der Waals surface area contributed by atoms with Crippen LogP contribution >= 0.6 is 0 Å². The Hall–Kier alpha value is -4.76. The minimum atomic E-state index is -0.755. The first-order valence-electron chi connectivity index (χ1n) is 18.5. The number of rotatable bonds is 24. The maximum absolute atomic E-state index is 13.2. The Morgan fingerprint density at radius 3 is 1.35 bits per heavy atom. The molecule has 1 aliphatic carbocycles. The topological polar surface area (TPSA) is 175 Å². The molecule has 1 aliphatic rings. The van der Waals surface area contributed by atoms with E-state index < -0.39 is 41.4 Å². The fraction of sp³-hybridized carbons (Fsp3) is 0.641. The second kappa shape index (κ2) is 29.0. The molecule has 0 saturated heterocycles. The molecule has 0 aliphatic heterocycles. The zero-order valence-electron chi connectivity index (χ0n) is 30.6. The Morgan fingerprint density at radius 2 is 0.922 bits per heavy atom. The van der Waals surface area contributed by atoms with E-state index in [1.807, 2.05) is 0 Å². The third kappa shape index (κ3) is 22.6. The summed E-state index contributed by atoms with van der Waals surface area (Å²) in [6, 6.07) is 0. The van der Waals surface area contributed by atoms with E-state index in [1.165, 1.54) is 44.7 Å². The first-order chi connectivity index (χ1) is 24.7. The van der Waals surface area contributed by atoms with Crippen LogP contribution in [0.5, 0.6) is 0 Å². The Morgan fingerprint density at radius 1 is 0.529 bits per heavy atom. The molecule has 0 aromatic heterocycles. The predicted molar refractivity (Wildman–Crippen MR) is 196 cm³/mol. The van der Waals surface area contributed by atoms with Gasteiger partial charge in [0.05, 0.1) is 25.8 Å². The van der Waals surface area contributed by atoms with Gasteiger partial charge in [0.25, 0.3) is 0 Å². The lowest BCUT2D eigenvalue weighted by Crippen LogP contribution is -2.48. The first-order valence-corrected chi connectivity index (χ1v) is 18.5. The molecular weight excluding hydrogens is 648 g/mol. The van der Waals surface area contributed by atoms with Gasteiger partial charge in [0.2, 0.25) is 35.4 Å². The molecule has 6 amide bonds. The van der Waals surface area contributed by atoms with Crippen molar-refractivity contribution in [2.45, 2.75) is 110 Å². The number of hydrogen-bond acceptors (Lipinski definition) is 6. The highest BCUT2D eigenvalue weighted by Crippen LogP contribution is 2.34. The van der Waals surface area contributed by atoms with Gasteiger partial charge in [0, 0.05) is 30.8 Å². The molecule has 0 radical (unpaired) electrons. The number of carbonyl (C=O) groups excluding carboxylic acids is 6. The SMILES string of the molecule is C=C=C=C=C=C=C=CNC(=O)CNC(=O)C1C[C@@H](C(=O)NCC(=O)NCCCCCCCC)C[C@@H](C(=O)NCC(=O)NCCCCCCCC)C1. The van der Waals surface area contributed by atoms with Crippen LogP contribution in [0, 0.1) is 17.8 Å². The molecule has 280 valence electrons. The molecule has 0 spiro atoms. The second-order valence-corrected chi connectivity index (χ2v) is 12.7. The Kier molecular flexibility index (Phi) is 25.2. The molecule has 12 nitrogen and oxygen atoms in total. The van der Waals surface area contributed by atoms with E-state index in [9.17, 15) is 28.8 Å². The van der Waals surface area contributed by atoms with Crippen LogP contribution in [0.2, 0.25) is 0 Å². The van der Waals surface area contributed by atoms with Gasteiger partial charge in [-0.2, -0.15) is 0 Å². The minimum Gasteiger partial charge on any atom is -0.355 e. The molecule has 0 heterocycles. The average molecular weight is 707 g/mol. The van der Waals surface area contributed by atoms with Crippen LogP contribution < -0.4 is 31.9 Å². The van der Waals surface area contributed by atoms with Gasteiger partial charge in [0.15, 0.2) is 0 Å². The lowest BCUT2D eigenvalue weighted by Gasteiger charge is -2.32. The van der Waals surface area contributed by atoms with E-state index in [2.05, 4.69) is 86.7 Å². The van der Waals surface area contributed by atoms with Crippen molar-refractivity contribution in [1.82, 2.24) is 31.9 Å². The summed E-state index contributed by atoms with van der Waals surface area (Å²) < 4.78 is 0. The molecule has 0 bridgehead atoms. The van der Waals surface area contributed by atoms with Gasteiger partial charge in [-0.05, 0) is 67.3 Å². The van der Waals surface area contributed by atoms with Crippen LogP contribution in [0.15, 0.2) is 47.2 Å². The van der Waals surface area contributed by atoms with Crippen LogP contribution in [-0.4, -0.2) is 68.2 Å². The van der Waals surface area contributed by atoms with E-state index >= 15 is 0 Å². The Bertz CT molecular complexity index is 1320. The number of unbranched alkanes of at least 4 members (excludes halogenated alkanes) is 10. The van der Waals surface area contributed by atoms with Gasteiger partial charge in [-0.25, -0.2) is 0 Å². The monoisotopic (exact) mass is 706 g/mol. The zero-order valence-corrected chi connectivity index (χ0v) is 30.6. The summed E-state index contributed by atoms with van der Waals surface area (Å²) in [5.41, 5.74) is 14.7. The third-order valence-corrected chi connectivity index (χ3v) is 8.45. The molecule has 0 aromatic carbocycles. The molecule has 12 heteroatoms. The highest BCUT2D eigenvalue weighted by Gasteiger charge is 2.39. The predicted octanol–water partition coefficient (Wildman–Crippen LogP) is 3.51. The lowest BCUT2D eigenvalue weighted by molar-refractivity contribution is -0.137. The largest absolute Gasteiger partial charge is 0.355 e. The smallest absolute Gasteiger partial charge is 0.243 e. The number of hydrogen-bond donors (Lipinski definition) is 6. The molecule has 1 rings (SSSR count). The van der Waals surface area contributed by atoms with Crippen LogP contribution in [0.4, 0.5) is 0 Å². The summed E-state index contributed by atoms with van der Waals surface area (Å²) in [6.07, 6.45) is 14.7. The summed E-state index contributed by atoms with van der Waals surface area (Å²) in [5, 5.41) is 15.9. The summed E-state index contributed by atoms with van der Waals surface area (Å²) in [6.45, 7) is 7.92. The van der Waals surface area contributed by atoms with Crippen molar-refractivity contribution in [2.24, 2.45) is 17.8 Å². The maximum atomic E-state index is 13.2. The normalized spacial score (nSPS) is 15.8. The van der Waals surface area contributed by atoms with Crippen molar-refractivity contribution in [1.29, 1.82) is 0 Å². The van der Waals surface area contributed by atoms with Gasteiger partial charge in [-0.15, -0.1) is 0 Å². The maximum Gasteiger partial charge on any atom is 0.243 e. The van der Waals surface area contributed by atoms with Crippen LogP contribution in [0.25, 0.3) is 0 Å². The van der Waals surface area contributed by atoms with Gasteiger partial charge in [-0.3, -0.25) is 28.8 Å². The van der Waals surface area contributed by atoms with E-state index in [4.69, 9.17) is 0 Å². The van der Waals surface area contributed by atoms with E-state index in [1.54, 1.807) is 0 Å². The fourth-order valence-electron chi connectivity index (χ4n) is 5.63. The van der Waals surface area contributed by atoms with Crippen molar-refractivity contribution in [3.8, 4) is 0 Å².